The molecule has 20 heavy (non-hydrogen) atoms. The van der Waals surface area contributed by atoms with Crippen LogP contribution in [-0.4, -0.2) is 56.7 Å². The Hall–Kier alpha value is -1.47. The fourth-order valence-electron chi connectivity index (χ4n) is 2.25. The third-order valence-electron chi connectivity index (χ3n) is 3.53. The number of aromatic hydroxyl groups is 1. The number of phenolic OH excluding ortho intramolecular Hbond substituents is 1. The third-order valence-corrected chi connectivity index (χ3v) is 3.53. The van der Waals surface area contributed by atoms with Crippen LogP contribution in [0.5, 0.6) is 5.75 Å². The summed E-state index contributed by atoms with van der Waals surface area (Å²) in [6, 6.07) is 5.74. The van der Waals surface area contributed by atoms with Gasteiger partial charge in [-0.1, -0.05) is 0 Å². The minimum Gasteiger partial charge on any atom is -0.508 e. The average molecular weight is 282 g/mol. The van der Waals surface area contributed by atoms with Crippen molar-refractivity contribution in [3.63, 3.8) is 0 Å². The molecule has 6 nitrogen and oxygen atoms in total. The summed E-state index contributed by atoms with van der Waals surface area (Å²) in [4.78, 5) is 12.0. The van der Waals surface area contributed by atoms with E-state index in [4.69, 9.17) is 9.84 Å². The van der Waals surface area contributed by atoms with Crippen molar-refractivity contribution in [1.29, 1.82) is 0 Å². The molecular weight excluding hydrogens is 264 g/mol. The second-order valence-corrected chi connectivity index (χ2v) is 5.03. The van der Waals surface area contributed by atoms with Crippen molar-refractivity contribution >= 4 is 5.78 Å². The summed E-state index contributed by atoms with van der Waals surface area (Å²) >= 11 is 0. The number of Topliss-reactive ketones (excluding diaryl/α,β-unsaturated/α-hetero) is 1. The zero-order chi connectivity index (χ0) is 14.9. The number of benzene rings is 1. The lowest BCUT2D eigenvalue weighted by Crippen LogP contribution is -2.56. The highest BCUT2D eigenvalue weighted by Crippen LogP contribution is 2.24. The number of hydrogen-bond donors (Lipinski definition) is 4. The Morgan fingerprint density at radius 2 is 1.70 bits per heavy atom. The minimum absolute atomic E-state index is 0.0580. The van der Waals surface area contributed by atoms with E-state index in [2.05, 4.69) is 0 Å². The zero-order valence-electron chi connectivity index (χ0n) is 11.0. The van der Waals surface area contributed by atoms with Gasteiger partial charge >= 0.3 is 0 Å². The SMILES string of the molecule is C[C@H]1OC(CC(=O)c2ccc(O)cc2)[C@@H](O)[C@@H](O)[C@@H]1O. The third kappa shape index (κ3) is 2.99. The van der Waals surface area contributed by atoms with Crippen molar-refractivity contribution in [3.05, 3.63) is 29.8 Å². The molecule has 0 aliphatic carbocycles. The van der Waals surface area contributed by atoms with Gasteiger partial charge in [0.05, 0.1) is 12.2 Å². The van der Waals surface area contributed by atoms with Gasteiger partial charge in [-0.2, -0.15) is 0 Å². The number of carbonyl (C=O) groups is 1. The minimum atomic E-state index is -1.34. The summed E-state index contributed by atoms with van der Waals surface area (Å²) in [6.45, 7) is 1.57. The maximum Gasteiger partial charge on any atom is 0.165 e. The molecular formula is C14H18O6. The lowest BCUT2D eigenvalue weighted by Gasteiger charge is -2.39. The highest BCUT2D eigenvalue weighted by Gasteiger charge is 2.42. The van der Waals surface area contributed by atoms with Gasteiger partial charge in [-0.25, -0.2) is 0 Å². The monoisotopic (exact) mass is 282 g/mol. The van der Waals surface area contributed by atoms with E-state index in [-0.39, 0.29) is 18.0 Å². The van der Waals surface area contributed by atoms with Crippen LogP contribution in [-0.2, 0) is 4.74 Å². The maximum atomic E-state index is 12.0. The number of carbonyl (C=O) groups excluding carboxylic acids is 1. The maximum absolute atomic E-state index is 12.0. The second-order valence-electron chi connectivity index (χ2n) is 5.03. The molecule has 1 heterocycles. The highest BCUT2D eigenvalue weighted by molar-refractivity contribution is 5.96. The second kappa shape index (κ2) is 5.88. The van der Waals surface area contributed by atoms with Gasteiger partial charge in [0.25, 0.3) is 0 Å². The van der Waals surface area contributed by atoms with Gasteiger partial charge < -0.3 is 25.2 Å². The molecule has 1 aromatic rings. The molecule has 1 aliphatic rings. The molecule has 1 aromatic carbocycles. The van der Waals surface area contributed by atoms with E-state index in [9.17, 15) is 20.1 Å². The summed E-state index contributed by atoms with van der Waals surface area (Å²) in [5.41, 5.74) is 0.381. The van der Waals surface area contributed by atoms with Crippen LogP contribution in [0.4, 0.5) is 0 Å². The summed E-state index contributed by atoms with van der Waals surface area (Å²) in [7, 11) is 0. The standard InChI is InChI=1S/C14H18O6/c1-7-12(17)14(19)13(18)11(20-7)6-10(16)8-2-4-9(15)5-3-8/h2-5,7,11-15,17-19H,6H2,1H3/t7-,11?,12-,13-,14+/m1/s1. The molecule has 0 saturated carbocycles. The summed E-state index contributed by atoms with van der Waals surface area (Å²) in [5.74, 6) is -0.215. The lowest BCUT2D eigenvalue weighted by molar-refractivity contribution is -0.215. The lowest BCUT2D eigenvalue weighted by atomic mass is 9.92. The first-order valence-corrected chi connectivity index (χ1v) is 6.42. The van der Waals surface area contributed by atoms with E-state index in [1.165, 1.54) is 24.3 Å². The predicted octanol–water partition coefficient (Wildman–Crippen LogP) is -0.165. The number of aliphatic hydroxyl groups excluding tert-OH is 3. The van der Waals surface area contributed by atoms with Crippen molar-refractivity contribution in [1.82, 2.24) is 0 Å². The topological polar surface area (TPSA) is 107 Å². The van der Waals surface area contributed by atoms with E-state index in [0.717, 1.165) is 0 Å². The van der Waals surface area contributed by atoms with Gasteiger partial charge in [-0.3, -0.25) is 4.79 Å². The van der Waals surface area contributed by atoms with Crippen molar-refractivity contribution in [2.24, 2.45) is 0 Å². The average Bonchev–Trinajstić information content (AvgIpc) is 2.43. The Bertz CT molecular complexity index is 471. The van der Waals surface area contributed by atoms with E-state index >= 15 is 0 Å². The Kier molecular flexibility index (Phi) is 4.39. The number of aliphatic hydroxyl groups is 3. The van der Waals surface area contributed by atoms with E-state index in [0.29, 0.717) is 5.56 Å². The van der Waals surface area contributed by atoms with Crippen LogP contribution in [0.1, 0.15) is 23.7 Å². The van der Waals surface area contributed by atoms with Gasteiger partial charge in [0.2, 0.25) is 0 Å². The smallest absolute Gasteiger partial charge is 0.165 e. The Labute approximate surface area is 116 Å². The molecule has 0 amide bonds. The molecule has 1 saturated heterocycles. The molecule has 110 valence electrons. The van der Waals surface area contributed by atoms with Crippen LogP contribution in [0.15, 0.2) is 24.3 Å². The molecule has 0 spiro atoms. The van der Waals surface area contributed by atoms with E-state index in [1.54, 1.807) is 6.92 Å². The van der Waals surface area contributed by atoms with Crippen molar-refractivity contribution in [2.75, 3.05) is 0 Å². The molecule has 1 fully saturated rings. The Balaban J connectivity index is 2.05. The van der Waals surface area contributed by atoms with E-state index < -0.39 is 30.5 Å². The first-order chi connectivity index (χ1) is 9.40. The molecule has 0 bridgehead atoms. The zero-order valence-corrected chi connectivity index (χ0v) is 11.0. The first-order valence-electron chi connectivity index (χ1n) is 6.42. The number of rotatable bonds is 3. The van der Waals surface area contributed by atoms with Crippen molar-refractivity contribution in [3.8, 4) is 5.75 Å². The van der Waals surface area contributed by atoms with Gasteiger partial charge in [-0.15, -0.1) is 0 Å². The van der Waals surface area contributed by atoms with Crippen LogP contribution in [0.3, 0.4) is 0 Å². The molecule has 0 radical (unpaired) electrons. The molecule has 5 atom stereocenters. The van der Waals surface area contributed by atoms with Gasteiger partial charge in [0, 0.05) is 12.0 Å². The Morgan fingerprint density at radius 1 is 1.10 bits per heavy atom. The number of hydrogen-bond acceptors (Lipinski definition) is 6. The highest BCUT2D eigenvalue weighted by atomic mass is 16.5. The largest absolute Gasteiger partial charge is 0.508 e. The van der Waals surface area contributed by atoms with Gasteiger partial charge in [0.1, 0.15) is 24.1 Å². The summed E-state index contributed by atoms with van der Waals surface area (Å²) < 4.78 is 5.37. The molecule has 1 unspecified atom stereocenters. The molecule has 4 N–H and O–H groups in total. The van der Waals surface area contributed by atoms with Crippen molar-refractivity contribution < 1.29 is 30.0 Å². The summed E-state index contributed by atoms with van der Waals surface area (Å²) in [6.07, 6.45) is -5.47. The molecule has 1 aliphatic heterocycles. The first kappa shape index (κ1) is 14.9. The van der Waals surface area contributed by atoms with Gasteiger partial charge in [-0.05, 0) is 31.2 Å². The van der Waals surface area contributed by atoms with Crippen LogP contribution in [0.25, 0.3) is 0 Å². The predicted molar refractivity (Wildman–Crippen MR) is 69.4 cm³/mol. The molecule has 0 aromatic heterocycles. The fourth-order valence-corrected chi connectivity index (χ4v) is 2.25. The van der Waals surface area contributed by atoms with Crippen LogP contribution in [0, 0.1) is 0 Å². The fraction of sp³-hybridized carbons (Fsp3) is 0.500. The summed E-state index contributed by atoms with van der Waals surface area (Å²) in [5, 5.41) is 38.3. The van der Waals surface area contributed by atoms with E-state index in [1.807, 2.05) is 0 Å². The quantitative estimate of drug-likeness (QED) is 0.574. The normalized spacial score (nSPS) is 33.9. The number of ether oxygens (including phenoxy) is 1. The Morgan fingerprint density at radius 3 is 2.30 bits per heavy atom. The molecule has 6 heteroatoms. The number of phenols is 1. The number of ketones is 1. The van der Waals surface area contributed by atoms with Crippen LogP contribution < -0.4 is 0 Å². The van der Waals surface area contributed by atoms with Crippen molar-refractivity contribution in [2.45, 2.75) is 43.9 Å². The van der Waals surface area contributed by atoms with Crippen LogP contribution in [0.2, 0.25) is 0 Å². The van der Waals surface area contributed by atoms with Gasteiger partial charge in [0.15, 0.2) is 5.78 Å². The molecule has 2 rings (SSSR count). The van der Waals surface area contributed by atoms with Crippen LogP contribution >= 0.6 is 0 Å².